The maximum Gasteiger partial charge on any atom is 0.0641 e. The van der Waals surface area contributed by atoms with Crippen LogP contribution in [-0.4, -0.2) is 26.8 Å². The van der Waals surface area contributed by atoms with Crippen molar-refractivity contribution in [2.75, 3.05) is 31.7 Å². The van der Waals surface area contributed by atoms with E-state index in [-0.39, 0.29) is 6.04 Å². The van der Waals surface area contributed by atoms with E-state index in [0.29, 0.717) is 0 Å². The summed E-state index contributed by atoms with van der Waals surface area (Å²) < 4.78 is 5.67. The predicted octanol–water partition coefficient (Wildman–Crippen LogP) is 2.96. The molecule has 1 saturated carbocycles. The minimum absolute atomic E-state index is 0.154. The minimum Gasteiger partial charge on any atom is -0.379 e. The van der Waals surface area contributed by atoms with Crippen LogP contribution in [0.4, 0.5) is 5.69 Å². The van der Waals surface area contributed by atoms with E-state index in [1.54, 1.807) is 0 Å². The van der Waals surface area contributed by atoms with Gasteiger partial charge >= 0.3 is 0 Å². The second kappa shape index (κ2) is 6.92. The first-order chi connectivity index (χ1) is 9.20. The molecule has 0 heterocycles. The number of hydrogen-bond donors (Lipinski definition) is 1. The van der Waals surface area contributed by atoms with Gasteiger partial charge in [-0.15, -0.1) is 0 Å². The van der Waals surface area contributed by atoms with E-state index in [0.717, 1.165) is 32.1 Å². The molecule has 1 aromatic rings. The quantitative estimate of drug-likeness (QED) is 0.732. The Hall–Kier alpha value is -1.06. The molecule has 1 unspecified atom stereocenters. The third kappa shape index (κ3) is 4.51. The molecule has 0 saturated heterocycles. The molecule has 0 radical (unpaired) electrons. The second-order valence-corrected chi connectivity index (χ2v) is 5.55. The number of nitrogens with two attached hydrogens (primary N) is 1. The monoisotopic (exact) mass is 262 g/mol. The highest BCUT2D eigenvalue weighted by Gasteiger charge is 2.20. The normalized spacial score (nSPS) is 16.4. The Morgan fingerprint density at radius 2 is 2.00 bits per heavy atom. The lowest BCUT2D eigenvalue weighted by atomic mass is 10.1. The van der Waals surface area contributed by atoms with E-state index in [4.69, 9.17) is 10.5 Å². The van der Waals surface area contributed by atoms with Crippen molar-refractivity contribution >= 4 is 5.69 Å². The molecule has 1 atom stereocenters. The van der Waals surface area contributed by atoms with Crippen molar-refractivity contribution in [3.63, 3.8) is 0 Å². The van der Waals surface area contributed by atoms with Crippen LogP contribution in [-0.2, 0) is 4.74 Å². The zero-order valence-corrected chi connectivity index (χ0v) is 12.1. The fourth-order valence-electron chi connectivity index (χ4n) is 2.08. The summed E-state index contributed by atoms with van der Waals surface area (Å²) in [5, 5.41) is 0. The van der Waals surface area contributed by atoms with Crippen LogP contribution in [0.2, 0.25) is 0 Å². The molecule has 1 fully saturated rings. The summed E-state index contributed by atoms with van der Waals surface area (Å²) in [6.45, 7) is 4.80. The Morgan fingerprint density at radius 3 is 2.58 bits per heavy atom. The standard InChI is InChI=1S/C16H26N2O/c1-3-16(17)14-6-8-15(9-7-14)18(2)10-11-19-12-13-4-5-13/h6-9,13,16H,3-5,10-12,17H2,1-2H3. The van der Waals surface area contributed by atoms with Gasteiger partial charge in [-0.05, 0) is 42.9 Å². The van der Waals surface area contributed by atoms with Crippen LogP contribution >= 0.6 is 0 Å². The molecule has 1 aliphatic rings. The van der Waals surface area contributed by atoms with Gasteiger partial charge in [0, 0.05) is 31.9 Å². The summed E-state index contributed by atoms with van der Waals surface area (Å²) >= 11 is 0. The van der Waals surface area contributed by atoms with Gasteiger partial charge in [-0.2, -0.15) is 0 Å². The van der Waals surface area contributed by atoms with Crippen LogP contribution in [0.3, 0.4) is 0 Å². The number of rotatable bonds is 8. The van der Waals surface area contributed by atoms with Gasteiger partial charge in [-0.3, -0.25) is 0 Å². The lowest BCUT2D eigenvalue weighted by Crippen LogP contribution is -2.23. The maximum absolute atomic E-state index is 6.02. The lowest BCUT2D eigenvalue weighted by molar-refractivity contribution is 0.131. The predicted molar refractivity (Wildman–Crippen MR) is 80.5 cm³/mol. The number of hydrogen-bond acceptors (Lipinski definition) is 3. The zero-order valence-electron chi connectivity index (χ0n) is 12.1. The van der Waals surface area contributed by atoms with Crippen LogP contribution in [0.15, 0.2) is 24.3 Å². The van der Waals surface area contributed by atoms with E-state index >= 15 is 0 Å². The molecule has 2 rings (SSSR count). The summed E-state index contributed by atoms with van der Waals surface area (Å²) in [5.41, 5.74) is 8.46. The summed E-state index contributed by atoms with van der Waals surface area (Å²) in [6.07, 6.45) is 3.69. The molecule has 0 amide bonds. The van der Waals surface area contributed by atoms with Crippen molar-refractivity contribution in [3.05, 3.63) is 29.8 Å². The molecule has 106 valence electrons. The average molecular weight is 262 g/mol. The first kappa shape index (κ1) is 14.4. The van der Waals surface area contributed by atoms with Gasteiger partial charge in [0.15, 0.2) is 0 Å². The van der Waals surface area contributed by atoms with Crippen molar-refractivity contribution in [2.24, 2.45) is 11.7 Å². The summed E-state index contributed by atoms with van der Waals surface area (Å²) in [4.78, 5) is 2.23. The van der Waals surface area contributed by atoms with E-state index in [1.165, 1.54) is 24.1 Å². The van der Waals surface area contributed by atoms with Crippen LogP contribution in [0.1, 0.15) is 37.8 Å². The van der Waals surface area contributed by atoms with E-state index < -0.39 is 0 Å². The van der Waals surface area contributed by atoms with Gasteiger partial charge in [-0.25, -0.2) is 0 Å². The molecule has 19 heavy (non-hydrogen) atoms. The van der Waals surface area contributed by atoms with Gasteiger partial charge in [0.05, 0.1) is 6.61 Å². The first-order valence-corrected chi connectivity index (χ1v) is 7.35. The van der Waals surface area contributed by atoms with Crippen LogP contribution in [0.5, 0.6) is 0 Å². The number of anilines is 1. The summed E-state index contributed by atoms with van der Waals surface area (Å²) in [5.74, 6) is 0.847. The van der Waals surface area contributed by atoms with Gasteiger partial charge in [0.1, 0.15) is 0 Å². The molecule has 1 aliphatic carbocycles. The molecular weight excluding hydrogens is 236 g/mol. The molecule has 2 N–H and O–H groups in total. The molecular formula is C16H26N2O. The number of benzene rings is 1. The number of nitrogens with zero attached hydrogens (tertiary/aromatic N) is 1. The topological polar surface area (TPSA) is 38.5 Å². The number of ether oxygens (including phenoxy) is 1. The molecule has 3 heteroatoms. The van der Waals surface area contributed by atoms with Crippen molar-refractivity contribution in [2.45, 2.75) is 32.2 Å². The van der Waals surface area contributed by atoms with E-state index in [2.05, 4.69) is 43.1 Å². The Bertz CT molecular complexity index is 373. The minimum atomic E-state index is 0.154. The Balaban J connectivity index is 1.75. The van der Waals surface area contributed by atoms with Crippen molar-refractivity contribution < 1.29 is 4.74 Å². The molecule has 0 bridgehead atoms. The SMILES string of the molecule is CCC(N)c1ccc(N(C)CCOCC2CC2)cc1. The Labute approximate surface area is 116 Å². The van der Waals surface area contributed by atoms with Gasteiger partial charge in [-0.1, -0.05) is 19.1 Å². The highest BCUT2D eigenvalue weighted by Crippen LogP contribution is 2.28. The Kier molecular flexibility index (Phi) is 5.23. The molecule has 0 aliphatic heterocycles. The summed E-state index contributed by atoms with van der Waals surface area (Å²) in [6, 6.07) is 8.70. The summed E-state index contributed by atoms with van der Waals surface area (Å²) in [7, 11) is 2.11. The fourth-order valence-corrected chi connectivity index (χ4v) is 2.08. The third-order valence-corrected chi connectivity index (χ3v) is 3.82. The van der Waals surface area contributed by atoms with E-state index in [1.807, 2.05) is 0 Å². The smallest absolute Gasteiger partial charge is 0.0641 e. The van der Waals surface area contributed by atoms with E-state index in [9.17, 15) is 0 Å². The van der Waals surface area contributed by atoms with Crippen LogP contribution < -0.4 is 10.6 Å². The number of likely N-dealkylation sites (N-methyl/N-ethyl adjacent to an activating group) is 1. The van der Waals surface area contributed by atoms with Gasteiger partial charge in [0.25, 0.3) is 0 Å². The zero-order chi connectivity index (χ0) is 13.7. The molecule has 1 aromatic carbocycles. The third-order valence-electron chi connectivity index (χ3n) is 3.82. The van der Waals surface area contributed by atoms with Crippen molar-refractivity contribution in [1.82, 2.24) is 0 Å². The second-order valence-electron chi connectivity index (χ2n) is 5.55. The molecule has 0 spiro atoms. The first-order valence-electron chi connectivity index (χ1n) is 7.35. The fraction of sp³-hybridized carbons (Fsp3) is 0.625. The van der Waals surface area contributed by atoms with Crippen molar-refractivity contribution in [3.8, 4) is 0 Å². The van der Waals surface area contributed by atoms with Crippen LogP contribution in [0.25, 0.3) is 0 Å². The highest BCUT2D eigenvalue weighted by atomic mass is 16.5. The Morgan fingerprint density at radius 1 is 1.32 bits per heavy atom. The highest BCUT2D eigenvalue weighted by molar-refractivity contribution is 5.47. The van der Waals surface area contributed by atoms with Crippen molar-refractivity contribution in [1.29, 1.82) is 0 Å². The molecule has 3 nitrogen and oxygen atoms in total. The lowest BCUT2D eigenvalue weighted by Gasteiger charge is -2.20. The maximum atomic E-state index is 6.02. The molecule has 0 aromatic heterocycles. The van der Waals surface area contributed by atoms with Crippen LogP contribution in [0, 0.1) is 5.92 Å². The largest absolute Gasteiger partial charge is 0.379 e. The van der Waals surface area contributed by atoms with Gasteiger partial charge in [0.2, 0.25) is 0 Å². The van der Waals surface area contributed by atoms with Gasteiger partial charge < -0.3 is 15.4 Å². The average Bonchev–Trinajstić information content (AvgIpc) is 3.27.